The van der Waals surface area contributed by atoms with Crippen LogP contribution in [0.2, 0.25) is 5.02 Å². The van der Waals surface area contributed by atoms with Crippen molar-refractivity contribution in [1.29, 1.82) is 0 Å². The summed E-state index contributed by atoms with van der Waals surface area (Å²) in [4.78, 5) is 15.7. The average molecular weight is 423 g/mol. The second-order valence-corrected chi connectivity index (χ2v) is 7.43. The summed E-state index contributed by atoms with van der Waals surface area (Å²) in [7, 11) is 3.55. The van der Waals surface area contributed by atoms with Crippen LogP contribution in [0.5, 0.6) is 5.75 Å². The molecule has 1 aromatic heterocycles. The minimum absolute atomic E-state index is 0.112. The first-order valence-electron chi connectivity index (χ1n) is 9.76. The number of likely N-dealkylation sites (N-methyl/N-ethyl adjacent to an activating group) is 1. The van der Waals surface area contributed by atoms with Gasteiger partial charge < -0.3 is 14.4 Å². The number of fused-ring (bicyclic) bond motifs is 1. The minimum Gasteiger partial charge on any atom is -0.497 e. The van der Waals surface area contributed by atoms with Crippen LogP contribution >= 0.6 is 11.6 Å². The first kappa shape index (κ1) is 20.3. The van der Waals surface area contributed by atoms with Crippen LogP contribution in [0.25, 0.3) is 22.9 Å². The third-order valence-corrected chi connectivity index (χ3v) is 5.43. The molecule has 0 radical (unpaired) electrons. The predicted molar refractivity (Wildman–Crippen MR) is 122 cm³/mol. The fourth-order valence-electron chi connectivity index (χ4n) is 3.69. The number of halogens is 1. The smallest absolute Gasteiger partial charge is 0.264 e. The molecule has 1 unspecified atom stereocenters. The number of hydrogen-bond acceptors (Lipinski definition) is 4. The quantitative estimate of drug-likeness (QED) is 0.580. The Kier molecular flexibility index (Phi) is 5.66. The van der Waals surface area contributed by atoms with E-state index < -0.39 is 0 Å². The first-order chi connectivity index (χ1) is 14.5. The van der Waals surface area contributed by atoms with Gasteiger partial charge in [0, 0.05) is 29.8 Å². The van der Waals surface area contributed by atoms with Gasteiger partial charge in [0.25, 0.3) is 5.56 Å². The lowest BCUT2D eigenvalue weighted by molar-refractivity contribution is 0.0960. The fraction of sp³-hybridized carbons (Fsp3) is 0.208. The van der Waals surface area contributed by atoms with Crippen molar-refractivity contribution < 1.29 is 9.47 Å². The number of hydrogen-bond donors (Lipinski definition) is 0. The number of methoxy groups -OCH3 is 1. The number of nitrogens with zero attached hydrogens (tertiary/aromatic N) is 2. The van der Waals surface area contributed by atoms with Crippen LogP contribution in [0.4, 0.5) is 5.82 Å². The normalized spacial score (nSPS) is 15.2. The Morgan fingerprint density at radius 3 is 2.40 bits per heavy atom. The molecule has 0 saturated carbocycles. The summed E-state index contributed by atoms with van der Waals surface area (Å²) in [5.41, 5.74) is 3.01. The van der Waals surface area contributed by atoms with Gasteiger partial charge in [-0.15, -0.1) is 0 Å². The number of ether oxygens (including phenoxy) is 2. The fourth-order valence-corrected chi connectivity index (χ4v) is 3.82. The topological polar surface area (TPSA) is 43.7 Å². The summed E-state index contributed by atoms with van der Waals surface area (Å²) in [6, 6.07) is 16.7. The molecule has 3 aromatic rings. The maximum absolute atomic E-state index is 13.7. The van der Waals surface area contributed by atoms with E-state index in [4.69, 9.17) is 21.1 Å². The largest absolute Gasteiger partial charge is 0.497 e. The maximum Gasteiger partial charge on any atom is 0.264 e. The molecule has 0 saturated heterocycles. The molecule has 1 aliphatic heterocycles. The van der Waals surface area contributed by atoms with Gasteiger partial charge in [0.2, 0.25) is 0 Å². The van der Waals surface area contributed by atoms with Gasteiger partial charge in [0.1, 0.15) is 11.6 Å². The van der Waals surface area contributed by atoms with Crippen LogP contribution < -0.4 is 15.2 Å². The van der Waals surface area contributed by atoms with Gasteiger partial charge in [-0.3, -0.25) is 9.36 Å². The highest BCUT2D eigenvalue weighted by molar-refractivity contribution is 6.30. The summed E-state index contributed by atoms with van der Waals surface area (Å²) in [5.74, 6) is 1.52. The Bertz CT molecular complexity index is 1130. The van der Waals surface area contributed by atoms with E-state index in [1.807, 2.05) is 73.5 Å². The highest BCUT2D eigenvalue weighted by Gasteiger charge is 2.26. The molecule has 154 valence electrons. The molecule has 0 bridgehead atoms. The summed E-state index contributed by atoms with van der Waals surface area (Å²) in [5, 5.41) is 0.618. The molecule has 2 aromatic carbocycles. The van der Waals surface area contributed by atoms with Gasteiger partial charge >= 0.3 is 0 Å². The second kappa shape index (κ2) is 8.38. The molecular weight excluding hydrogens is 400 g/mol. The summed E-state index contributed by atoms with van der Waals surface area (Å²) in [6.45, 7) is 2.53. The molecule has 6 heteroatoms. The minimum atomic E-state index is -0.243. The molecule has 1 atom stereocenters. The van der Waals surface area contributed by atoms with Crippen LogP contribution in [-0.4, -0.2) is 31.6 Å². The molecule has 0 amide bonds. The lowest BCUT2D eigenvalue weighted by atomic mass is 10.0. The van der Waals surface area contributed by atoms with Crippen molar-refractivity contribution in [3.8, 4) is 22.6 Å². The molecule has 2 heterocycles. The van der Waals surface area contributed by atoms with Crippen molar-refractivity contribution in [2.45, 2.75) is 13.2 Å². The van der Waals surface area contributed by atoms with Gasteiger partial charge in [-0.25, -0.2) is 0 Å². The van der Waals surface area contributed by atoms with Crippen LogP contribution in [0.3, 0.4) is 0 Å². The van der Waals surface area contributed by atoms with Gasteiger partial charge in [-0.2, -0.15) is 0 Å². The zero-order chi connectivity index (χ0) is 21.3. The van der Waals surface area contributed by atoms with Crippen LogP contribution in [0, 0.1) is 0 Å². The van der Waals surface area contributed by atoms with Crippen LogP contribution in [0.15, 0.2) is 65.5 Å². The Balaban J connectivity index is 1.96. The molecular formula is C24H23ClN2O3. The molecule has 0 aliphatic carbocycles. The molecule has 0 N–H and O–H groups in total. The van der Waals surface area contributed by atoms with E-state index in [1.54, 1.807) is 23.8 Å². The monoisotopic (exact) mass is 422 g/mol. The van der Waals surface area contributed by atoms with E-state index in [0.717, 1.165) is 28.4 Å². The van der Waals surface area contributed by atoms with Crippen molar-refractivity contribution in [3.63, 3.8) is 0 Å². The number of rotatable bonds is 5. The van der Waals surface area contributed by atoms with Gasteiger partial charge in [-0.1, -0.05) is 29.8 Å². The molecule has 1 aliphatic rings. The Morgan fingerprint density at radius 2 is 1.77 bits per heavy atom. The number of benzene rings is 2. The number of pyridine rings is 1. The SMILES string of the molecule is CCOC1C=Cc2cc(-c3ccc(OC)cc3)c(=O)n(-c3ccc(Cl)cc3)c2N1C. The number of anilines is 1. The van der Waals surface area contributed by atoms with Crippen molar-refractivity contribution in [1.82, 2.24) is 4.57 Å². The molecule has 4 rings (SSSR count). The molecule has 30 heavy (non-hydrogen) atoms. The zero-order valence-electron chi connectivity index (χ0n) is 17.1. The summed E-state index contributed by atoms with van der Waals surface area (Å²) in [6.07, 6.45) is 3.77. The Hall–Kier alpha value is -3.02. The Morgan fingerprint density at radius 1 is 1.07 bits per heavy atom. The van der Waals surface area contributed by atoms with Crippen molar-refractivity contribution >= 4 is 23.5 Å². The van der Waals surface area contributed by atoms with Crippen molar-refractivity contribution in [3.05, 3.63) is 81.6 Å². The maximum atomic E-state index is 13.7. The zero-order valence-corrected chi connectivity index (χ0v) is 17.9. The molecule has 5 nitrogen and oxygen atoms in total. The van der Waals surface area contributed by atoms with E-state index in [2.05, 4.69) is 0 Å². The lowest BCUT2D eigenvalue weighted by Crippen LogP contribution is -2.39. The first-order valence-corrected chi connectivity index (χ1v) is 10.1. The summed E-state index contributed by atoms with van der Waals surface area (Å²) < 4.78 is 12.8. The van der Waals surface area contributed by atoms with E-state index in [0.29, 0.717) is 17.2 Å². The van der Waals surface area contributed by atoms with E-state index in [-0.39, 0.29) is 11.8 Å². The van der Waals surface area contributed by atoms with E-state index in [1.165, 1.54) is 0 Å². The average Bonchev–Trinajstić information content (AvgIpc) is 2.77. The van der Waals surface area contributed by atoms with Crippen LogP contribution in [0.1, 0.15) is 12.5 Å². The van der Waals surface area contributed by atoms with Gasteiger partial charge in [-0.05, 0) is 61.0 Å². The third-order valence-electron chi connectivity index (χ3n) is 5.18. The molecule has 0 spiro atoms. The standard InChI is InChI=1S/C24H23ClN2O3/c1-4-30-22-14-7-17-15-21(16-5-12-20(29-3)13-6-16)24(28)27(23(17)26(22)2)19-10-8-18(25)9-11-19/h5-15,22H,4H2,1-3H3. The third kappa shape index (κ3) is 3.62. The van der Waals surface area contributed by atoms with E-state index in [9.17, 15) is 4.79 Å². The highest BCUT2D eigenvalue weighted by Crippen LogP contribution is 2.33. The number of aromatic nitrogens is 1. The van der Waals surface area contributed by atoms with Gasteiger partial charge in [0.15, 0.2) is 6.23 Å². The van der Waals surface area contributed by atoms with Gasteiger partial charge in [0.05, 0.1) is 12.8 Å². The van der Waals surface area contributed by atoms with E-state index >= 15 is 0 Å². The highest BCUT2D eigenvalue weighted by atomic mass is 35.5. The Labute approximate surface area is 180 Å². The predicted octanol–water partition coefficient (Wildman–Crippen LogP) is 4.99. The van der Waals surface area contributed by atoms with Crippen molar-refractivity contribution in [2.75, 3.05) is 25.7 Å². The second-order valence-electron chi connectivity index (χ2n) is 7.00. The summed E-state index contributed by atoms with van der Waals surface area (Å²) >= 11 is 6.09. The van der Waals surface area contributed by atoms with Crippen LogP contribution in [-0.2, 0) is 4.74 Å². The molecule has 0 fully saturated rings. The lowest BCUT2D eigenvalue weighted by Gasteiger charge is -2.34. The van der Waals surface area contributed by atoms with Crippen molar-refractivity contribution in [2.24, 2.45) is 0 Å².